The number of carbonyl (C=O) groups excluding carboxylic acids is 3. The van der Waals surface area contributed by atoms with E-state index >= 15 is 0 Å². The van der Waals surface area contributed by atoms with Crippen molar-refractivity contribution < 1.29 is 19.2 Å². The van der Waals surface area contributed by atoms with Gasteiger partial charge in [-0.2, -0.15) is 5.06 Å². The first-order valence-corrected chi connectivity index (χ1v) is 9.07. The summed E-state index contributed by atoms with van der Waals surface area (Å²) in [4.78, 5) is 42.2. The molecular weight excluding hydrogens is 324 g/mol. The third-order valence-corrected chi connectivity index (χ3v) is 4.81. The fraction of sp³-hybridized carbons (Fsp3) is 0.429. The molecule has 120 valence electrons. The van der Waals surface area contributed by atoms with Gasteiger partial charge in [-0.15, -0.1) is 0 Å². The molecule has 1 amide bonds. The molecule has 0 unspecified atom stereocenters. The fourth-order valence-corrected chi connectivity index (χ4v) is 3.33. The third kappa shape index (κ3) is 8.04. The number of hydrogen-bond donors (Lipinski definition) is 0. The van der Waals surface area contributed by atoms with E-state index in [1.54, 1.807) is 27.8 Å². The highest BCUT2D eigenvalue weighted by atomic mass is 33.1. The predicted molar refractivity (Wildman–Crippen MR) is 85.9 cm³/mol. The Kier molecular flexibility index (Phi) is 9.33. The Morgan fingerprint density at radius 3 is 2.86 bits per heavy atom. The molecule has 0 spiro atoms. The molecule has 0 radical (unpaired) electrons. The second-order valence-corrected chi connectivity index (χ2v) is 6.67. The van der Waals surface area contributed by atoms with Crippen LogP contribution in [0.25, 0.3) is 0 Å². The van der Waals surface area contributed by atoms with Gasteiger partial charge in [0.2, 0.25) is 0 Å². The second kappa shape index (κ2) is 11.1. The molecule has 6 nitrogen and oxygen atoms in total. The lowest BCUT2D eigenvalue weighted by Gasteiger charge is -2.15. The second-order valence-electron chi connectivity index (χ2n) is 4.24. The van der Waals surface area contributed by atoms with E-state index in [1.165, 1.54) is 7.05 Å². The molecule has 0 fully saturated rings. The Bertz CT molecular complexity index is 485. The molecule has 1 aromatic rings. The van der Waals surface area contributed by atoms with Crippen LogP contribution in [-0.4, -0.2) is 41.0 Å². The van der Waals surface area contributed by atoms with Crippen molar-refractivity contribution in [3.8, 4) is 0 Å². The van der Waals surface area contributed by atoms with Gasteiger partial charge < -0.3 is 9.63 Å². The summed E-state index contributed by atoms with van der Waals surface area (Å²) < 4.78 is 0. The van der Waals surface area contributed by atoms with E-state index in [4.69, 9.17) is 4.84 Å². The number of hydrogen-bond acceptors (Lipinski definition) is 7. The van der Waals surface area contributed by atoms with Gasteiger partial charge in [-0.05, 0) is 29.3 Å². The summed E-state index contributed by atoms with van der Waals surface area (Å²) in [6.45, 7) is 0. The first kappa shape index (κ1) is 18.5. The lowest BCUT2D eigenvalue weighted by atomic mass is 10.3. The van der Waals surface area contributed by atoms with Crippen molar-refractivity contribution in [3.63, 3.8) is 0 Å². The van der Waals surface area contributed by atoms with Crippen molar-refractivity contribution in [1.82, 2.24) is 10.0 Å². The highest BCUT2D eigenvalue weighted by Gasteiger charge is 2.13. The van der Waals surface area contributed by atoms with Crippen LogP contribution >= 0.6 is 21.6 Å². The molecule has 22 heavy (non-hydrogen) atoms. The number of carbonyl (C=O) groups is 3. The summed E-state index contributed by atoms with van der Waals surface area (Å²) in [6, 6.07) is 5.70. The number of pyridine rings is 1. The summed E-state index contributed by atoms with van der Waals surface area (Å²) in [5.41, 5.74) is 0. The Labute approximate surface area is 137 Å². The van der Waals surface area contributed by atoms with Crippen LogP contribution in [0.15, 0.2) is 29.4 Å². The maximum atomic E-state index is 11.6. The van der Waals surface area contributed by atoms with E-state index in [0.717, 1.165) is 15.8 Å². The largest absolute Gasteiger partial charge is 0.338 e. The smallest absolute Gasteiger partial charge is 0.332 e. The monoisotopic (exact) mass is 342 g/mol. The molecule has 8 heteroatoms. The number of rotatable bonds is 9. The molecule has 1 aromatic heterocycles. The minimum atomic E-state index is -0.453. The van der Waals surface area contributed by atoms with Gasteiger partial charge in [0.05, 0.1) is 0 Å². The molecule has 0 saturated carbocycles. The van der Waals surface area contributed by atoms with Crippen molar-refractivity contribution in [2.24, 2.45) is 0 Å². The van der Waals surface area contributed by atoms with Gasteiger partial charge in [0.25, 0.3) is 5.91 Å². The van der Waals surface area contributed by atoms with Crippen LogP contribution in [0.3, 0.4) is 0 Å². The Morgan fingerprint density at radius 1 is 1.36 bits per heavy atom. The lowest BCUT2D eigenvalue weighted by molar-refractivity contribution is -0.192. The number of aldehydes is 1. The maximum Gasteiger partial charge on any atom is 0.332 e. The Balaban J connectivity index is 2.10. The average Bonchev–Trinajstić information content (AvgIpc) is 2.53. The van der Waals surface area contributed by atoms with Gasteiger partial charge in [-0.3, -0.25) is 4.79 Å². The quantitative estimate of drug-likeness (QED) is 0.295. The molecular formula is C14H18N2O4S2. The van der Waals surface area contributed by atoms with Crippen LogP contribution in [0.1, 0.15) is 25.7 Å². The highest BCUT2D eigenvalue weighted by molar-refractivity contribution is 8.76. The van der Waals surface area contributed by atoms with E-state index in [9.17, 15) is 14.4 Å². The zero-order valence-corrected chi connectivity index (χ0v) is 13.9. The molecule has 0 N–H and O–H groups in total. The lowest BCUT2D eigenvalue weighted by Crippen LogP contribution is -2.29. The first-order valence-electron chi connectivity index (χ1n) is 6.75. The minimum Gasteiger partial charge on any atom is -0.338 e. The van der Waals surface area contributed by atoms with Crippen LogP contribution < -0.4 is 0 Å². The number of amides is 1. The predicted octanol–water partition coefficient (Wildman–Crippen LogP) is 2.50. The van der Waals surface area contributed by atoms with Gasteiger partial charge in [0, 0.05) is 38.3 Å². The molecule has 0 bridgehead atoms. The summed E-state index contributed by atoms with van der Waals surface area (Å²) in [5.74, 6) is -0.0648. The van der Waals surface area contributed by atoms with Crippen molar-refractivity contribution in [2.45, 2.75) is 30.7 Å². The Morgan fingerprint density at radius 2 is 2.18 bits per heavy atom. The fourth-order valence-electron chi connectivity index (χ4n) is 1.36. The van der Waals surface area contributed by atoms with Gasteiger partial charge in [0.1, 0.15) is 11.3 Å². The van der Waals surface area contributed by atoms with E-state index < -0.39 is 5.97 Å². The zero-order chi connectivity index (χ0) is 16.2. The SMILES string of the molecule is CN(OC(=O)CCCSSc1ccccn1)C(=O)CCC=O. The van der Waals surface area contributed by atoms with Gasteiger partial charge in [0.15, 0.2) is 0 Å². The summed E-state index contributed by atoms with van der Waals surface area (Å²) in [6.07, 6.45) is 3.45. The summed E-state index contributed by atoms with van der Waals surface area (Å²) in [7, 11) is 4.54. The van der Waals surface area contributed by atoms with E-state index in [0.29, 0.717) is 12.7 Å². The molecule has 0 atom stereocenters. The minimum absolute atomic E-state index is 0.0455. The molecule has 0 aliphatic rings. The van der Waals surface area contributed by atoms with Crippen molar-refractivity contribution >= 4 is 39.8 Å². The molecule has 1 rings (SSSR count). The molecule has 0 aromatic carbocycles. The van der Waals surface area contributed by atoms with Gasteiger partial charge >= 0.3 is 5.97 Å². The third-order valence-electron chi connectivity index (χ3n) is 2.46. The van der Waals surface area contributed by atoms with E-state index in [1.807, 2.05) is 18.2 Å². The van der Waals surface area contributed by atoms with Crippen LogP contribution in [0.5, 0.6) is 0 Å². The van der Waals surface area contributed by atoms with Crippen LogP contribution in [0, 0.1) is 0 Å². The average molecular weight is 342 g/mol. The van der Waals surface area contributed by atoms with Crippen LogP contribution in [0.2, 0.25) is 0 Å². The molecule has 0 aliphatic heterocycles. The molecule has 1 heterocycles. The van der Waals surface area contributed by atoms with Gasteiger partial charge in [-0.25, -0.2) is 9.78 Å². The van der Waals surface area contributed by atoms with Crippen LogP contribution in [-0.2, 0) is 19.2 Å². The van der Waals surface area contributed by atoms with E-state index in [2.05, 4.69) is 4.98 Å². The van der Waals surface area contributed by atoms with Crippen LogP contribution in [0.4, 0.5) is 0 Å². The number of nitrogens with zero attached hydrogens (tertiary/aromatic N) is 2. The van der Waals surface area contributed by atoms with Gasteiger partial charge in [-0.1, -0.05) is 16.9 Å². The molecule has 0 saturated heterocycles. The van der Waals surface area contributed by atoms with Crippen molar-refractivity contribution in [2.75, 3.05) is 12.8 Å². The summed E-state index contributed by atoms with van der Waals surface area (Å²) in [5, 5.41) is 1.82. The maximum absolute atomic E-state index is 11.6. The van der Waals surface area contributed by atoms with Crippen molar-refractivity contribution in [3.05, 3.63) is 24.4 Å². The van der Waals surface area contributed by atoms with Crippen molar-refractivity contribution in [1.29, 1.82) is 0 Å². The Hall–Kier alpha value is -1.54. The normalized spacial score (nSPS) is 10.0. The topological polar surface area (TPSA) is 76.6 Å². The zero-order valence-electron chi connectivity index (χ0n) is 12.3. The summed E-state index contributed by atoms with van der Waals surface area (Å²) >= 11 is 0. The highest BCUT2D eigenvalue weighted by Crippen LogP contribution is 2.29. The molecule has 0 aliphatic carbocycles. The van der Waals surface area contributed by atoms with E-state index in [-0.39, 0.29) is 25.2 Å². The number of hydroxylamine groups is 2. The first-order chi connectivity index (χ1) is 10.6. The number of aromatic nitrogens is 1. The standard InChI is InChI=1S/C14H18N2O4S2/c1-16(13(18)7-4-10-17)20-14(19)8-5-11-21-22-12-6-2-3-9-15-12/h2-3,6,9-10H,4-5,7-8,11H2,1H3.